The number of hydrogen-bond donors (Lipinski definition) is 1. The van der Waals surface area contributed by atoms with Gasteiger partial charge in [0.15, 0.2) is 0 Å². The molecule has 3 saturated heterocycles. The zero-order valence-electron chi connectivity index (χ0n) is 27.8. The molecule has 4 heterocycles. The first-order valence-electron chi connectivity index (χ1n) is 16.6. The average Bonchev–Trinajstić information content (AvgIpc) is 3.83. The van der Waals surface area contributed by atoms with Crippen molar-refractivity contribution >= 4 is 46.2 Å². The fraction of sp³-hybridized carbons (Fsp3) is 0.472. The molecule has 0 radical (unpaired) electrons. The smallest absolute Gasteiger partial charge is 0.248 e. The Morgan fingerprint density at radius 1 is 1.12 bits per heavy atom. The zero-order chi connectivity index (χ0) is 34.2. The van der Waals surface area contributed by atoms with Crippen molar-refractivity contribution in [3.8, 4) is 5.75 Å². The Morgan fingerprint density at radius 2 is 1.85 bits per heavy atom. The molecule has 11 nitrogen and oxygen atoms in total. The predicted molar refractivity (Wildman–Crippen MR) is 186 cm³/mol. The van der Waals surface area contributed by atoms with Crippen LogP contribution in [0.5, 0.6) is 5.75 Å². The molecule has 6 rings (SSSR count). The van der Waals surface area contributed by atoms with Crippen molar-refractivity contribution in [1.29, 1.82) is 0 Å². The van der Waals surface area contributed by atoms with Crippen LogP contribution in [0, 0.1) is 17.8 Å². The van der Waals surface area contributed by atoms with E-state index in [2.05, 4.69) is 23.5 Å². The second-order valence-electron chi connectivity index (χ2n) is 13.0. The second kappa shape index (κ2) is 13.8. The van der Waals surface area contributed by atoms with E-state index in [9.17, 15) is 19.5 Å². The highest BCUT2D eigenvalue weighted by Crippen LogP contribution is 2.67. The van der Waals surface area contributed by atoms with Gasteiger partial charge < -0.3 is 24.5 Å². The van der Waals surface area contributed by atoms with E-state index in [0.29, 0.717) is 36.4 Å². The van der Waals surface area contributed by atoms with Gasteiger partial charge in [0.25, 0.3) is 0 Å². The molecule has 3 aliphatic rings. The Kier molecular flexibility index (Phi) is 9.67. The van der Waals surface area contributed by atoms with Crippen LogP contribution in [0.15, 0.2) is 73.8 Å². The van der Waals surface area contributed by atoms with Crippen LogP contribution in [-0.4, -0.2) is 96.0 Å². The number of aliphatic hydroxyl groups excluding tert-OH is 1. The number of nitrogens with zero attached hydrogens (tertiary/aromatic N) is 6. The van der Waals surface area contributed by atoms with Crippen LogP contribution in [0.2, 0.25) is 0 Å². The quantitative estimate of drug-likeness (QED) is 0.254. The molecule has 12 heteroatoms. The Balaban J connectivity index is 1.39. The third-order valence-corrected chi connectivity index (χ3v) is 11.9. The first-order valence-corrected chi connectivity index (χ1v) is 17.5. The van der Waals surface area contributed by atoms with E-state index in [-0.39, 0.29) is 55.3 Å². The first-order chi connectivity index (χ1) is 23.2. The van der Waals surface area contributed by atoms with E-state index in [1.807, 2.05) is 69.3 Å². The largest absolute Gasteiger partial charge is 0.494 e. The maximum absolute atomic E-state index is 14.9. The second-order valence-corrected chi connectivity index (χ2v) is 14.6. The molecule has 3 aliphatic heterocycles. The number of thioether (sulfide) groups is 1. The number of benzene rings is 2. The molecule has 3 aromatic rings. The Hall–Kier alpha value is -4.16. The number of ether oxygens (including phenoxy) is 1. The molecule has 6 atom stereocenters. The van der Waals surface area contributed by atoms with Crippen LogP contribution in [0.1, 0.15) is 33.6 Å². The highest BCUT2D eigenvalue weighted by Gasteiger charge is 2.74. The fourth-order valence-electron chi connectivity index (χ4n) is 7.88. The minimum Gasteiger partial charge on any atom is -0.494 e. The predicted octanol–water partition coefficient (Wildman–Crippen LogP) is 4.13. The van der Waals surface area contributed by atoms with E-state index in [1.165, 1.54) is 0 Å². The van der Waals surface area contributed by atoms with Gasteiger partial charge in [-0.1, -0.05) is 43.3 Å². The summed E-state index contributed by atoms with van der Waals surface area (Å²) in [6, 6.07) is 13.4. The number of aliphatic hydroxyl groups is 1. The summed E-state index contributed by atoms with van der Waals surface area (Å²) in [7, 11) is 0. The number of rotatable bonds is 14. The summed E-state index contributed by atoms with van der Waals surface area (Å²) in [5, 5.41) is 19.1. The van der Waals surface area contributed by atoms with Crippen molar-refractivity contribution in [2.45, 2.75) is 62.4 Å². The van der Waals surface area contributed by atoms with Gasteiger partial charge in [0.1, 0.15) is 24.0 Å². The number of amides is 3. The molecular formula is C36H44N6O5S. The molecule has 0 saturated carbocycles. The molecule has 1 N–H and O–H groups in total. The standard InChI is InChI=1S/C36H44N6O5S/c1-6-19-39(22-41-27-12-10-9-11-26(27)37-38-41)35(46)32-36-18-17-29(48-36)30(31(36)34(45)42(32)28(21-43)23(4)5)33(44)40(20-7-2)24-13-15-25(16-14-24)47-8-3/h6-7,9-16,23,28-32,43H,1-2,8,17-22H2,3-5H3/t28-,29+,30-,31-,32?,36?/m0/s1. The van der Waals surface area contributed by atoms with Gasteiger partial charge in [-0.05, 0) is 62.1 Å². The average molecular weight is 673 g/mol. The summed E-state index contributed by atoms with van der Waals surface area (Å²) in [6.07, 6.45) is 4.66. The van der Waals surface area contributed by atoms with Crippen molar-refractivity contribution < 1.29 is 24.2 Å². The minimum atomic E-state index is -0.879. The third-order valence-electron chi connectivity index (χ3n) is 9.99. The van der Waals surface area contributed by atoms with Crippen LogP contribution in [-0.2, 0) is 21.1 Å². The molecule has 2 unspecified atom stereocenters. The topological polar surface area (TPSA) is 121 Å². The molecule has 1 spiro atoms. The highest BCUT2D eigenvalue weighted by molar-refractivity contribution is 8.02. The number of likely N-dealkylation sites (tertiary alicyclic amines) is 1. The van der Waals surface area contributed by atoms with Crippen molar-refractivity contribution in [2.75, 3.05) is 31.2 Å². The number of hydrogen-bond acceptors (Lipinski definition) is 8. The molecule has 2 aromatic carbocycles. The van der Waals surface area contributed by atoms with E-state index >= 15 is 0 Å². The summed E-state index contributed by atoms with van der Waals surface area (Å²) in [5.41, 5.74) is 2.18. The van der Waals surface area contributed by atoms with E-state index in [0.717, 1.165) is 5.52 Å². The van der Waals surface area contributed by atoms with Gasteiger partial charge in [0.05, 0.1) is 41.4 Å². The molecule has 0 aliphatic carbocycles. The number of carbonyl (C=O) groups is 3. The SMILES string of the molecule is C=CCN(Cn1nnc2ccccc21)C(=O)C1N([C@@H](CO)C(C)C)C(=O)[C@@H]2[C@@H](C(=O)N(CC=C)c3ccc(OCC)cc3)[C@H]3CCC12S3. The lowest BCUT2D eigenvalue weighted by Gasteiger charge is -2.40. The number of para-hydroxylation sites is 1. The maximum Gasteiger partial charge on any atom is 0.248 e. The maximum atomic E-state index is 14.9. The highest BCUT2D eigenvalue weighted by atomic mass is 32.2. The van der Waals surface area contributed by atoms with E-state index in [1.54, 1.807) is 43.3 Å². The molecule has 48 heavy (non-hydrogen) atoms. The van der Waals surface area contributed by atoms with Crippen molar-refractivity contribution in [1.82, 2.24) is 24.8 Å². The molecule has 2 bridgehead atoms. The van der Waals surface area contributed by atoms with Crippen molar-refractivity contribution in [3.05, 3.63) is 73.8 Å². The summed E-state index contributed by atoms with van der Waals surface area (Å²) in [4.78, 5) is 49.3. The van der Waals surface area contributed by atoms with Gasteiger partial charge >= 0.3 is 0 Å². The van der Waals surface area contributed by atoms with Crippen molar-refractivity contribution in [2.24, 2.45) is 17.8 Å². The summed E-state index contributed by atoms with van der Waals surface area (Å²) < 4.78 is 6.46. The number of fused-ring (bicyclic) bond motifs is 2. The zero-order valence-corrected chi connectivity index (χ0v) is 28.6. The minimum absolute atomic E-state index is 0.109. The van der Waals surface area contributed by atoms with Crippen LogP contribution >= 0.6 is 11.8 Å². The van der Waals surface area contributed by atoms with Gasteiger partial charge in [0.2, 0.25) is 17.7 Å². The van der Waals surface area contributed by atoms with Gasteiger partial charge in [-0.25, -0.2) is 4.68 Å². The summed E-state index contributed by atoms with van der Waals surface area (Å²) in [6.45, 7) is 14.4. The van der Waals surface area contributed by atoms with E-state index in [4.69, 9.17) is 4.74 Å². The lowest BCUT2D eigenvalue weighted by molar-refractivity contribution is -0.147. The molecular weight excluding hydrogens is 629 g/mol. The Labute approximate surface area is 285 Å². The summed E-state index contributed by atoms with van der Waals surface area (Å²) >= 11 is 1.61. The van der Waals surface area contributed by atoms with Crippen LogP contribution in [0.25, 0.3) is 11.0 Å². The molecule has 1 aromatic heterocycles. The number of aromatic nitrogens is 3. The fourth-order valence-corrected chi connectivity index (χ4v) is 10.1. The van der Waals surface area contributed by atoms with Gasteiger partial charge in [0, 0.05) is 24.0 Å². The molecule has 3 amide bonds. The third kappa shape index (κ3) is 5.58. The van der Waals surface area contributed by atoms with Gasteiger partial charge in [-0.15, -0.1) is 30.0 Å². The number of anilines is 1. The lowest BCUT2D eigenvalue weighted by Crippen LogP contribution is -2.58. The monoisotopic (exact) mass is 672 g/mol. The normalized spacial score (nSPS) is 24.9. The lowest BCUT2D eigenvalue weighted by atomic mass is 9.70. The Morgan fingerprint density at radius 3 is 2.52 bits per heavy atom. The van der Waals surface area contributed by atoms with Crippen molar-refractivity contribution in [3.63, 3.8) is 0 Å². The van der Waals surface area contributed by atoms with Crippen LogP contribution in [0.3, 0.4) is 0 Å². The first kappa shape index (κ1) is 33.7. The molecule has 254 valence electrons. The van der Waals surface area contributed by atoms with Gasteiger partial charge in [-0.3, -0.25) is 14.4 Å². The number of carbonyl (C=O) groups excluding carboxylic acids is 3. The van der Waals surface area contributed by atoms with E-state index < -0.39 is 28.7 Å². The van der Waals surface area contributed by atoms with Crippen LogP contribution in [0.4, 0.5) is 5.69 Å². The Bertz CT molecular complexity index is 1690. The van der Waals surface area contributed by atoms with Gasteiger partial charge in [-0.2, -0.15) is 0 Å². The van der Waals surface area contributed by atoms with Crippen LogP contribution < -0.4 is 9.64 Å². The summed E-state index contributed by atoms with van der Waals surface area (Å²) in [5.74, 6) is -1.44. The molecule has 3 fully saturated rings.